The summed E-state index contributed by atoms with van der Waals surface area (Å²) in [6.07, 6.45) is 3.36. The number of carbonyl (C=O) groups excluding carboxylic acids is 1. The van der Waals surface area contributed by atoms with Gasteiger partial charge >= 0.3 is 5.97 Å². The van der Waals surface area contributed by atoms with Crippen molar-refractivity contribution in [2.24, 2.45) is 0 Å². The standard InChI is InChI=1S/C17H19N3O4/c21-16(15-7-3-9-24-15)20-8-2-5-13(11-20)18-10-12-4-1-6-14(19-12)17(22)23/h1,3-4,6-7,9,13,18H,2,5,8,10-11H2,(H,22,23). The van der Waals surface area contributed by atoms with E-state index in [1.165, 1.54) is 12.3 Å². The Morgan fingerprint density at radius 2 is 2.21 bits per heavy atom. The Bertz CT molecular complexity index is 714. The predicted molar refractivity (Wildman–Crippen MR) is 85.7 cm³/mol. The predicted octanol–water partition coefficient (Wildman–Crippen LogP) is 1.77. The Morgan fingerprint density at radius 1 is 1.33 bits per heavy atom. The topological polar surface area (TPSA) is 95.7 Å². The molecular weight excluding hydrogens is 310 g/mol. The minimum Gasteiger partial charge on any atom is -0.477 e. The first-order valence-electron chi connectivity index (χ1n) is 7.89. The van der Waals surface area contributed by atoms with Crippen LogP contribution in [0.2, 0.25) is 0 Å². The highest BCUT2D eigenvalue weighted by Crippen LogP contribution is 2.14. The summed E-state index contributed by atoms with van der Waals surface area (Å²) in [6, 6.07) is 8.45. The Labute approximate surface area is 139 Å². The van der Waals surface area contributed by atoms with Gasteiger partial charge in [-0.2, -0.15) is 0 Å². The van der Waals surface area contributed by atoms with Crippen molar-refractivity contribution in [2.75, 3.05) is 13.1 Å². The fourth-order valence-electron chi connectivity index (χ4n) is 2.83. The number of furan rings is 1. The molecule has 2 aromatic heterocycles. The molecule has 1 atom stereocenters. The van der Waals surface area contributed by atoms with Gasteiger partial charge in [-0.3, -0.25) is 4.79 Å². The highest BCUT2D eigenvalue weighted by atomic mass is 16.4. The van der Waals surface area contributed by atoms with E-state index in [2.05, 4.69) is 10.3 Å². The van der Waals surface area contributed by atoms with E-state index in [1.807, 2.05) is 0 Å². The van der Waals surface area contributed by atoms with Crippen LogP contribution in [0.15, 0.2) is 41.0 Å². The lowest BCUT2D eigenvalue weighted by atomic mass is 10.1. The van der Waals surface area contributed by atoms with Gasteiger partial charge in [-0.05, 0) is 37.1 Å². The first-order valence-corrected chi connectivity index (χ1v) is 7.89. The average Bonchev–Trinajstić information content (AvgIpc) is 3.14. The summed E-state index contributed by atoms with van der Waals surface area (Å²) in [6.45, 7) is 1.77. The molecule has 1 aliphatic heterocycles. The number of hydrogen-bond acceptors (Lipinski definition) is 5. The SMILES string of the molecule is O=C(O)c1cccc(CNC2CCCN(C(=O)c3ccco3)C2)n1. The lowest BCUT2D eigenvalue weighted by Crippen LogP contribution is -2.47. The van der Waals surface area contributed by atoms with Crippen LogP contribution in [0, 0.1) is 0 Å². The lowest BCUT2D eigenvalue weighted by Gasteiger charge is -2.32. The maximum Gasteiger partial charge on any atom is 0.354 e. The van der Waals surface area contributed by atoms with Gasteiger partial charge in [-0.15, -0.1) is 0 Å². The van der Waals surface area contributed by atoms with Crippen LogP contribution in [0.5, 0.6) is 0 Å². The number of nitrogens with zero attached hydrogens (tertiary/aromatic N) is 2. The zero-order valence-electron chi connectivity index (χ0n) is 13.1. The number of aromatic nitrogens is 1. The van der Waals surface area contributed by atoms with Crippen LogP contribution in [0.3, 0.4) is 0 Å². The highest BCUT2D eigenvalue weighted by Gasteiger charge is 2.25. The van der Waals surface area contributed by atoms with Crippen LogP contribution in [0.1, 0.15) is 39.6 Å². The Kier molecular flexibility index (Phi) is 4.90. The number of pyridine rings is 1. The number of amides is 1. The summed E-state index contributed by atoms with van der Waals surface area (Å²) in [5, 5.41) is 12.3. The number of carbonyl (C=O) groups is 2. The number of piperidine rings is 1. The number of rotatable bonds is 5. The van der Waals surface area contributed by atoms with Gasteiger partial charge in [0.1, 0.15) is 5.69 Å². The van der Waals surface area contributed by atoms with Crippen LogP contribution >= 0.6 is 0 Å². The molecule has 7 nitrogen and oxygen atoms in total. The summed E-state index contributed by atoms with van der Waals surface area (Å²) < 4.78 is 5.17. The normalized spacial score (nSPS) is 17.7. The van der Waals surface area contributed by atoms with Crippen LogP contribution in [0.4, 0.5) is 0 Å². The van der Waals surface area contributed by atoms with Crippen LogP contribution in [-0.4, -0.2) is 46.0 Å². The highest BCUT2D eigenvalue weighted by molar-refractivity contribution is 5.91. The molecule has 3 rings (SSSR count). The summed E-state index contributed by atoms with van der Waals surface area (Å²) in [7, 11) is 0. The van der Waals surface area contributed by atoms with Gasteiger partial charge < -0.3 is 19.7 Å². The number of nitrogens with one attached hydrogen (secondary N) is 1. The molecule has 3 heterocycles. The Morgan fingerprint density at radius 3 is 2.96 bits per heavy atom. The molecule has 2 aromatic rings. The molecule has 0 radical (unpaired) electrons. The van der Waals surface area contributed by atoms with Crippen molar-refractivity contribution >= 4 is 11.9 Å². The molecule has 126 valence electrons. The van der Waals surface area contributed by atoms with Crippen molar-refractivity contribution in [3.63, 3.8) is 0 Å². The van der Waals surface area contributed by atoms with Crippen LogP contribution in [-0.2, 0) is 6.54 Å². The number of likely N-dealkylation sites (tertiary alicyclic amines) is 1. The molecule has 0 bridgehead atoms. The maximum atomic E-state index is 12.3. The molecule has 0 spiro atoms. The average molecular weight is 329 g/mol. The first kappa shape index (κ1) is 16.2. The van der Waals surface area contributed by atoms with Crippen molar-refractivity contribution in [1.29, 1.82) is 0 Å². The molecule has 2 N–H and O–H groups in total. The lowest BCUT2D eigenvalue weighted by molar-refractivity contribution is 0.0658. The molecule has 1 aliphatic rings. The monoisotopic (exact) mass is 329 g/mol. The van der Waals surface area contributed by atoms with Crippen LogP contribution in [0.25, 0.3) is 0 Å². The van der Waals surface area contributed by atoms with Gasteiger partial charge in [0.2, 0.25) is 0 Å². The molecular formula is C17H19N3O4. The van der Waals surface area contributed by atoms with E-state index in [0.717, 1.165) is 12.8 Å². The molecule has 1 amide bonds. The van der Waals surface area contributed by atoms with Crippen LogP contribution < -0.4 is 5.32 Å². The van der Waals surface area contributed by atoms with Gasteiger partial charge in [0.25, 0.3) is 5.91 Å². The first-order chi connectivity index (χ1) is 11.6. The minimum absolute atomic E-state index is 0.0348. The minimum atomic E-state index is -1.04. The molecule has 1 saturated heterocycles. The van der Waals surface area contributed by atoms with Gasteiger partial charge in [-0.25, -0.2) is 9.78 Å². The van der Waals surface area contributed by atoms with Crippen molar-refractivity contribution in [2.45, 2.75) is 25.4 Å². The zero-order valence-corrected chi connectivity index (χ0v) is 13.1. The van der Waals surface area contributed by atoms with E-state index >= 15 is 0 Å². The molecule has 0 aliphatic carbocycles. The number of carboxylic acid groups (broad SMARTS) is 1. The third-order valence-corrected chi connectivity index (χ3v) is 4.04. The van der Waals surface area contributed by atoms with E-state index in [1.54, 1.807) is 29.2 Å². The van der Waals surface area contributed by atoms with Gasteiger partial charge in [-0.1, -0.05) is 6.07 Å². The Balaban J connectivity index is 1.57. The molecule has 0 saturated carbocycles. The number of carboxylic acids is 1. The second kappa shape index (κ2) is 7.27. The Hall–Kier alpha value is -2.67. The molecule has 7 heteroatoms. The van der Waals surface area contributed by atoms with E-state index in [9.17, 15) is 9.59 Å². The van der Waals surface area contributed by atoms with E-state index < -0.39 is 5.97 Å². The van der Waals surface area contributed by atoms with E-state index in [-0.39, 0.29) is 17.6 Å². The van der Waals surface area contributed by atoms with Crippen molar-refractivity contribution in [3.8, 4) is 0 Å². The van der Waals surface area contributed by atoms with Gasteiger partial charge in [0.15, 0.2) is 5.76 Å². The number of hydrogen-bond donors (Lipinski definition) is 2. The summed E-state index contributed by atoms with van der Waals surface area (Å²) in [5.41, 5.74) is 0.706. The van der Waals surface area contributed by atoms with Gasteiger partial charge in [0.05, 0.1) is 12.0 Å². The summed E-state index contributed by atoms with van der Waals surface area (Å²) in [4.78, 5) is 29.2. The fraction of sp³-hybridized carbons (Fsp3) is 0.353. The third kappa shape index (κ3) is 3.80. The number of aromatic carboxylic acids is 1. The van der Waals surface area contributed by atoms with Gasteiger partial charge in [0, 0.05) is 25.7 Å². The summed E-state index contributed by atoms with van der Waals surface area (Å²) >= 11 is 0. The molecule has 0 aromatic carbocycles. The third-order valence-electron chi connectivity index (χ3n) is 4.04. The summed E-state index contributed by atoms with van der Waals surface area (Å²) in [5.74, 6) is -0.784. The fourth-order valence-corrected chi connectivity index (χ4v) is 2.83. The molecule has 24 heavy (non-hydrogen) atoms. The maximum absolute atomic E-state index is 12.3. The van der Waals surface area contributed by atoms with E-state index in [4.69, 9.17) is 9.52 Å². The van der Waals surface area contributed by atoms with E-state index in [0.29, 0.717) is 31.1 Å². The quantitative estimate of drug-likeness (QED) is 0.868. The zero-order chi connectivity index (χ0) is 16.9. The smallest absolute Gasteiger partial charge is 0.354 e. The second-order valence-corrected chi connectivity index (χ2v) is 5.77. The van der Waals surface area contributed by atoms with Crippen molar-refractivity contribution < 1.29 is 19.1 Å². The second-order valence-electron chi connectivity index (χ2n) is 5.77. The molecule has 1 fully saturated rings. The van der Waals surface area contributed by atoms with Crippen molar-refractivity contribution in [1.82, 2.24) is 15.2 Å². The van der Waals surface area contributed by atoms with Crippen molar-refractivity contribution in [3.05, 3.63) is 53.7 Å². The largest absolute Gasteiger partial charge is 0.477 e. The molecule has 1 unspecified atom stereocenters.